The second kappa shape index (κ2) is 8.30. The van der Waals surface area contributed by atoms with E-state index < -0.39 is 0 Å². The first-order valence-electron chi connectivity index (χ1n) is 9.87. The molecule has 3 aromatic rings. The number of likely N-dealkylation sites (tertiary alicyclic amines) is 1. The van der Waals surface area contributed by atoms with E-state index in [4.69, 9.17) is 0 Å². The first-order valence-corrected chi connectivity index (χ1v) is 9.87. The maximum atomic E-state index is 12.9. The summed E-state index contributed by atoms with van der Waals surface area (Å²) < 4.78 is 0. The zero-order chi connectivity index (χ0) is 19.3. The SMILES string of the molecule is O=C(c1cc(-c2ccc(O)cc2)n[nH]1)N1CCCC(CCc2ccccc2)C1. The van der Waals surface area contributed by atoms with Gasteiger partial charge in [0.25, 0.3) is 5.91 Å². The van der Waals surface area contributed by atoms with Gasteiger partial charge in [0.05, 0.1) is 5.69 Å². The van der Waals surface area contributed by atoms with Crippen LogP contribution in [0.15, 0.2) is 60.7 Å². The van der Waals surface area contributed by atoms with Crippen molar-refractivity contribution in [2.75, 3.05) is 13.1 Å². The predicted octanol–water partition coefficient (Wildman–Crippen LogP) is 4.27. The summed E-state index contributed by atoms with van der Waals surface area (Å²) in [7, 11) is 0. The summed E-state index contributed by atoms with van der Waals surface area (Å²) >= 11 is 0. The quantitative estimate of drug-likeness (QED) is 0.700. The molecule has 2 heterocycles. The van der Waals surface area contributed by atoms with Crippen molar-refractivity contribution < 1.29 is 9.90 Å². The first-order chi connectivity index (χ1) is 13.7. The number of piperidine rings is 1. The van der Waals surface area contributed by atoms with Gasteiger partial charge in [0, 0.05) is 18.7 Å². The molecule has 4 rings (SSSR count). The summed E-state index contributed by atoms with van der Waals surface area (Å²) in [4.78, 5) is 14.9. The van der Waals surface area contributed by atoms with E-state index in [0.29, 0.717) is 17.3 Å². The Morgan fingerprint density at radius 2 is 1.93 bits per heavy atom. The summed E-state index contributed by atoms with van der Waals surface area (Å²) in [6.45, 7) is 1.60. The molecule has 0 spiro atoms. The Hall–Kier alpha value is -3.08. The largest absolute Gasteiger partial charge is 0.508 e. The van der Waals surface area contributed by atoms with Crippen LogP contribution < -0.4 is 0 Å². The Kier molecular flexibility index (Phi) is 5.42. The Morgan fingerprint density at radius 3 is 2.71 bits per heavy atom. The predicted molar refractivity (Wildman–Crippen MR) is 109 cm³/mol. The third-order valence-electron chi connectivity index (χ3n) is 5.46. The molecule has 144 valence electrons. The molecule has 0 bridgehead atoms. The molecule has 2 N–H and O–H groups in total. The third kappa shape index (κ3) is 4.25. The third-order valence-corrected chi connectivity index (χ3v) is 5.46. The number of benzene rings is 2. The zero-order valence-electron chi connectivity index (χ0n) is 15.8. The average molecular weight is 375 g/mol. The molecule has 1 aliphatic rings. The molecule has 2 aromatic carbocycles. The van der Waals surface area contributed by atoms with Crippen LogP contribution in [0.1, 0.15) is 35.3 Å². The molecule has 1 amide bonds. The number of amides is 1. The van der Waals surface area contributed by atoms with Gasteiger partial charge in [-0.05, 0) is 67.5 Å². The zero-order valence-corrected chi connectivity index (χ0v) is 15.8. The minimum Gasteiger partial charge on any atom is -0.508 e. The molecule has 0 radical (unpaired) electrons. The highest BCUT2D eigenvalue weighted by Gasteiger charge is 2.25. The lowest BCUT2D eigenvalue weighted by Gasteiger charge is -2.32. The minimum absolute atomic E-state index is 0.0157. The van der Waals surface area contributed by atoms with Crippen LogP contribution in [0.25, 0.3) is 11.3 Å². The van der Waals surface area contributed by atoms with E-state index in [0.717, 1.165) is 37.9 Å². The van der Waals surface area contributed by atoms with E-state index in [1.807, 2.05) is 11.0 Å². The highest BCUT2D eigenvalue weighted by molar-refractivity contribution is 5.93. The number of aromatic nitrogens is 2. The van der Waals surface area contributed by atoms with Crippen molar-refractivity contribution in [2.45, 2.75) is 25.7 Å². The van der Waals surface area contributed by atoms with Crippen LogP contribution in [0.4, 0.5) is 0 Å². The smallest absolute Gasteiger partial charge is 0.271 e. The van der Waals surface area contributed by atoms with Crippen LogP contribution in [0.2, 0.25) is 0 Å². The maximum Gasteiger partial charge on any atom is 0.271 e. The number of hydrogen-bond donors (Lipinski definition) is 2. The molecule has 5 heteroatoms. The standard InChI is InChI=1S/C23H25N3O2/c27-20-12-10-19(11-13-20)21-15-22(25-24-21)23(28)26-14-4-7-18(16-26)9-8-17-5-2-1-3-6-17/h1-3,5-6,10-13,15,18,27H,4,7-9,14,16H2,(H,24,25). The molecule has 1 saturated heterocycles. The first kappa shape index (κ1) is 18.3. The maximum absolute atomic E-state index is 12.9. The lowest BCUT2D eigenvalue weighted by Crippen LogP contribution is -2.40. The molecular formula is C23H25N3O2. The number of aryl methyl sites for hydroxylation is 1. The average Bonchev–Trinajstić information content (AvgIpc) is 3.23. The molecule has 1 aliphatic heterocycles. The van der Waals surface area contributed by atoms with Crippen LogP contribution in [0, 0.1) is 5.92 Å². The number of carbonyl (C=O) groups excluding carboxylic acids is 1. The van der Waals surface area contributed by atoms with Gasteiger partial charge in [-0.25, -0.2) is 0 Å². The van der Waals surface area contributed by atoms with Gasteiger partial charge in [-0.2, -0.15) is 5.10 Å². The number of nitrogens with one attached hydrogen (secondary N) is 1. The van der Waals surface area contributed by atoms with Crippen LogP contribution in [-0.4, -0.2) is 39.2 Å². The molecular weight excluding hydrogens is 350 g/mol. The van der Waals surface area contributed by atoms with Gasteiger partial charge in [0.1, 0.15) is 11.4 Å². The fraction of sp³-hybridized carbons (Fsp3) is 0.304. The fourth-order valence-electron chi connectivity index (χ4n) is 3.88. The minimum atomic E-state index is 0.0157. The van der Waals surface area contributed by atoms with Crippen molar-refractivity contribution in [1.29, 1.82) is 0 Å². The molecule has 1 unspecified atom stereocenters. The van der Waals surface area contributed by atoms with E-state index in [1.165, 1.54) is 12.0 Å². The van der Waals surface area contributed by atoms with Gasteiger partial charge in [-0.1, -0.05) is 30.3 Å². The Morgan fingerprint density at radius 1 is 1.14 bits per heavy atom. The normalized spacial score (nSPS) is 16.9. The number of hydrogen-bond acceptors (Lipinski definition) is 3. The Labute approximate surface area is 165 Å². The summed E-state index contributed by atoms with van der Waals surface area (Å²) in [6, 6.07) is 19.2. The van der Waals surface area contributed by atoms with Crippen molar-refractivity contribution in [3.05, 3.63) is 71.9 Å². The number of aromatic amines is 1. The fourth-order valence-corrected chi connectivity index (χ4v) is 3.88. The Bertz CT molecular complexity index is 919. The van der Waals surface area contributed by atoms with E-state index in [-0.39, 0.29) is 11.7 Å². The number of H-pyrrole nitrogens is 1. The van der Waals surface area contributed by atoms with Crippen LogP contribution in [-0.2, 0) is 6.42 Å². The summed E-state index contributed by atoms with van der Waals surface area (Å²) in [5.41, 5.74) is 3.46. The lowest BCUT2D eigenvalue weighted by molar-refractivity contribution is 0.0662. The van der Waals surface area contributed by atoms with Gasteiger partial charge in [-0.3, -0.25) is 9.89 Å². The molecule has 0 aliphatic carbocycles. The van der Waals surface area contributed by atoms with Gasteiger partial charge in [0.2, 0.25) is 0 Å². The molecule has 28 heavy (non-hydrogen) atoms. The molecule has 1 atom stereocenters. The van der Waals surface area contributed by atoms with E-state index >= 15 is 0 Å². The van der Waals surface area contributed by atoms with Gasteiger partial charge >= 0.3 is 0 Å². The van der Waals surface area contributed by atoms with E-state index in [2.05, 4.69) is 34.5 Å². The number of nitrogens with zero attached hydrogens (tertiary/aromatic N) is 2. The van der Waals surface area contributed by atoms with Crippen LogP contribution in [0.5, 0.6) is 5.75 Å². The van der Waals surface area contributed by atoms with Gasteiger partial charge in [-0.15, -0.1) is 0 Å². The lowest BCUT2D eigenvalue weighted by atomic mass is 9.91. The molecule has 5 nitrogen and oxygen atoms in total. The summed E-state index contributed by atoms with van der Waals surface area (Å²) in [5.74, 6) is 0.768. The summed E-state index contributed by atoms with van der Waals surface area (Å²) in [5, 5.41) is 16.6. The highest BCUT2D eigenvalue weighted by Crippen LogP contribution is 2.24. The van der Waals surface area contributed by atoms with Crippen molar-refractivity contribution in [3.63, 3.8) is 0 Å². The topological polar surface area (TPSA) is 69.2 Å². The number of aromatic hydroxyl groups is 1. The second-order valence-corrected chi connectivity index (χ2v) is 7.50. The number of carbonyl (C=O) groups is 1. The molecule has 1 aromatic heterocycles. The van der Waals surface area contributed by atoms with E-state index in [9.17, 15) is 9.90 Å². The highest BCUT2D eigenvalue weighted by atomic mass is 16.3. The Balaban J connectivity index is 1.38. The van der Waals surface area contributed by atoms with Crippen molar-refractivity contribution in [2.24, 2.45) is 5.92 Å². The van der Waals surface area contributed by atoms with Crippen molar-refractivity contribution in [3.8, 4) is 17.0 Å². The van der Waals surface area contributed by atoms with Crippen molar-refractivity contribution >= 4 is 5.91 Å². The molecule has 1 fully saturated rings. The van der Waals surface area contributed by atoms with Gasteiger partial charge in [0.15, 0.2) is 0 Å². The number of phenols is 1. The van der Waals surface area contributed by atoms with Crippen molar-refractivity contribution in [1.82, 2.24) is 15.1 Å². The van der Waals surface area contributed by atoms with Gasteiger partial charge < -0.3 is 10.0 Å². The number of rotatable bonds is 5. The number of phenolic OH excluding ortho intramolecular Hbond substituents is 1. The van der Waals surface area contributed by atoms with E-state index in [1.54, 1.807) is 30.3 Å². The second-order valence-electron chi connectivity index (χ2n) is 7.50. The summed E-state index contributed by atoms with van der Waals surface area (Å²) in [6.07, 6.45) is 4.39. The monoisotopic (exact) mass is 375 g/mol. The van der Waals surface area contributed by atoms with Crippen LogP contribution >= 0.6 is 0 Å². The van der Waals surface area contributed by atoms with Crippen LogP contribution in [0.3, 0.4) is 0 Å². The molecule has 0 saturated carbocycles.